The number of rotatable bonds is 7. The third-order valence-corrected chi connectivity index (χ3v) is 17.4. The van der Waals surface area contributed by atoms with Gasteiger partial charge in [0.05, 0.1) is 44.2 Å². The fraction of sp³-hybridized carbons (Fsp3) is 0.955. The van der Waals surface area contributed by atoms with Gasteiger partial charge in [0, 0.05) is 24.2 Å². The number of hydrogen-bond donors (Lipinski definition) is 9. The number of allylic oxidation sites excluding steroid dienone is 1. The molecule has 0 aromatic carbocycles. The van der Waals surface area contributed by atoms with Crippen LogP contribution in [0.3, 0.4) is 0 Å². The van der Waals surface area contributed by atoms with E-state index in [1.807, 2.05) is 0 Å². The van der Waals surface area contributed by atoms with Crippen LogP contribution in [0.15, 0.2) is 11.6 Å². The molecule has 3 saturated carbocycles. The zero-order valence-corrected chi connectivity index (χ0v) is 35.9. The van der Waals surface area contributed by atoms with Crippen LogP contribution in [0.5, 0.6) is 0 Å². The van der Waals surface area contributed by atoms with Crippen LogP contribution in [0.2, 0.25) is 0 Å². The number of aliphatic hydroxyl groups excluding tert-OH is 9. The van der Waals surface area contributed by atoms with E-state index < -0.39 is 123 Å². The molecule has 8 fully saturated rings. The largest absolute Gasteiger partial charge is 0.394 e. The quantitative estimate of drug-likeness (QED) is 0.151. The summed E-state index contributed by atoms with van der Waals surface area (Å²) in [5.41, 5.74) is 0.740. The molecule has 4 aliphatic carbocycles. The van der Waals surface area contributed by atoms with Gasteiger partial charge >= 0.3 is 0 Å². The van der Waals surface area contributed by atoms with E-state index in [-0.39, 0.29) is 17.4 Å². The first-order valence-corrected chi connectivity index (χ1v) is 22.9. The smallest absolute Gasteiger partial charge is 0.187 e. The molecule has 348 valence electrons. The van der Waals surface area contributed by atoms with Gasteiger partial charge in [-0.25, -0.2) is 0 Å². The normalized spacial score (nSPS) is 58.4. The van der Waals surface area contributed by atoms with Gasteiger partial charge in [-0.3, -0.25) is 0 Å². The van der Waals surface area contributed by atoms with E-state index in [1.165, 1.54) is 0 Å². The zero-order chi connectivity index (χ0) is 43.5. The van der Waals surface area contributed by atoms with Crippen LogP contribution in [0, 0.1) is 46.3 Å². The Hall–Kier alpha value is -0.940. The maximum absolute atomic E-state index is 12.0. The molecule has 9 rings (SSSR count). The summed E-state index contributed by atoms with van der Waals surface area (Å²) in [6, 6.07) is 0. The molecule has 1 spiro atoms. The summed E-state index contributed by atoms with van der Waals surface area (Å²) in [5.74, 6) is 1.76. The summed E-state index contributed by atoms with van der Waals surface area (Å²) < 4.78 is 49.8. The van der Waals surface area contributed by atoms with Crippen molar-refractivity contribution in [3.8, 4) is 0 Å². The van der Waals surface area contributed by atoms with Gasteiger partial charge in [-0.15, -0.1) is 0 Å². The third-order valence-electron chi connectivity index (χ3n) is 17.4. The lowest BCUT2D eigenvalue weighted by atomic mass is 9.46. The van der Waals surface area contributed by atoms with Crippen LogP contribution in [0.4, 0.5) is 0 Å². The number of ether oxygens (including phenoxy) is 8. The maximum atomic E-state index is 12.0. The number of fused-ring (bicyclic) bond motifs is 7. The SMILES string of the molecule is CC1CCC2(OC1)OC1CC3C4CC=C5CC(O)CC(OC6OC(C)C(O)C(OC7OCC(O)C(O)C7OC7OC(CO)C(O)C(O)C7O)C6O)C5(C)C4CCC3(C)C1C2C. The molecule has 17 heteroatoms. The lowest BCUT2D eigenvalue weighted by Crippen LogP contribution is -2.65. The van der Waals surface area contributed by atoms with Crippen LogP contribution in [0.25, 0.3) is 0 Å². The van der Waals surface area contributed by atoms with Crippen LogP contribution < -0.4 is 0 Å². The van der Waals surface area contributed by atoms with Crippen molar-refractivity contribution in [3.05, 3.63) is 11.6 Å². The van der Waals surface area contributed by atoms with Gasteiger partial charge in [0.15, 0.2) is 24.7 Å². The molecule has 9 aliphatic rings. The first-order chi connectivity index (χ1) is 28.9. The minimum absolute atomic E-state index is 0.0847. The highest BCUT2D eigenvalue weighted by Gasteiger charge is 2.69. The maximum Gasteiger partial charge on any atom is 0.187 e. The molecule has 5 saturated heterocycles. The number of aliphatic hydroxyl groups is 9. The van der Waals surface area contributed by atoms with Gasteiger partial charge < -0.3 is 83.9 Å². The van der Waals surface area contributed by atoms with Crippen LogP contribution in [-0.4, -0.2) is 176 Å². The fourth-order valence-corrected chi connectivity index (χ4v) is 13.8. The predicted octanol–water partition coefficient (Wildman–Crippen LogP) is -0.176. The van der Waals surface area contributed by atoms with E-state index in [0.717, 1.165) is 50.7 Å². The molecule has 0 aromatic heterocycles. The van der Waals surface area contributed by atoms with Crippen molar-refractivity contribution < 1.29 is 83.9 Å². The Labute approximate surface area is 357 Å². The van der Waals surface area contributed by atoms with Crippen LogP contribution in [-0.2, 0) is 37.9 Å². The molecule has 0 radical (unpaired) electrons. The fourth-order valence-electron chi connectivity index (χ4n) is 13.8. The molecule has 5 aliphatic heterocycles. The topological polar surface area (TPSA) is 256 Å². The molecule has 9 N–H and O–H groups in total. The molecule has 61 heavy (non-hydrogen) atoms. The Morgan fingerprint density at radius 3 is 2.20 bits per heavy atom. The molecule has 26 atom stereocenters. The zero-order valence-electron chi connectivity index (χ0n) is 35.9. The monoisotopic (exact) mass is 870 g/mol. The molecule has 0 bridgehead atoms. The molecule has 17 nitrogen and oxygen atoms in total. The Kier molecular flexibility index (Phi) is 12.4. The minimum Gasteiger partial charge on any atom is -0.394 e. The summed E-state index contributed by atoms with van der Waals surface area (Å²) in [5, 5.41) is 97.2. The average molecular weight is 871 g/mol. The lowest BCUT2D eigenvalue weighted by molar-refractivity contribution is -0.381. The minimum atomic E-state index is -1.83. The van der Waals surface area contributed by atoms with Gasteiger partial charge in [0.25, 0.3) is 0 Å². The second-order valence-electron chi connectivity index (χ2n) is 20.7. The highest BCUT2D eigenvalue weighted by molar-refractivity contribution is 5.29. The second kappa shape index (κ2) is 16.7. The summed E-state index contributed by atoms with van der Waals surface area (Å²) in [6.07, 6.45) is -13.3. The van der Waals surface area contributed by atoms with Crippen molar-refractivity contribution in [1.29, 1.82) is 0 Å². The van der Waals surface area contributed by atoms with Crippen molar-refractivity contribution in [2.24, 2.45) is 46.3 Å². The molecule has 5 heterocycles. The van der Waals surface area contributed by atoms with Gasteiger partial charge in [-0.1, -0.05) is 39.3 Å². The third kappa shape index (κ3) is 7.32. The Morgan fingerprint density at radius 1 is 0.738 bits per heavy atom. The second-order valence-corrected chi connectivity index (χ2v) is 20.7. The van der Waals surface area contributed by atoms with Crippen LogP contribution >= 0.6 is 0 Å². The highest BCUT2D eigenvalue weighted by atomic mass is 16.8. The number of hydrogen-bond acceptors (Lipinski definition) is 17. The first-order valence-electron chi connectivity index (χ1n) is 22.9. The van der Waals surface area contributed by atoms with Crippen molar-refractivity contribution in [2.75, 3.05) is 19.8 Å². The predicted molar refractivity (Wildman–Crippen MR) is 210 cm³/mol. The average Bonchev–Trinajstić information content (AvgIpc) is 3.68. The van der Waals surface area contributed by atoms with E-state index in [1.54, 1.807) is 6.92 Å². The molecule has 0 aromatic rings. The van der Waals surface area contributed by atoms with E-state index >= 15 is 0 Å². The van der Waals surface area contributed by atoms with Crippen molar-refractivity contribution >= 4 is 0 Å². The first kappa shape index (κ1) is 45.2. The Bertz CT molecular complexity index is 1590. The van der Waals surface area contributed by atoms with Crippen molar-refractivity contribution in [2.45, 2.75) is 196 Å². The van der Waals surface area contributed by atoms with Gasteiger partial charge in [-0.05, 0) is 80.5 Å². The summed E-state index contributed by atoms with van der Waals surface area (Å²) >= 11 is 0. The Balaban J connectivity index is 0.925. The van der Waals surface area contributed by atoms with Gasteiger partial charge in [0.2, 0.25) is 0 Å². The van der Waals surface area contributed by atoms with E-state index in [2.05, 4.69) is 33.8 Å². The molecular formula is C44H70O17. The Morgan fingerprint density at radius 2 is 1.48 bits per heavy atom. The van der Waals surface area contributed by atoms with E-state index in [0.29, 0.717) is 42.4 Å². The van der Waals surface area contributed by atoms with E-state index in [9.17, 15) is 46.0 Å². The van der Waals surface area contributed by atoms with Crippen molar-refractivity contribution in [1.82, 2.24) is 0 Å². The summed E-state index contributed by atoms with van der Waals surface area (Å²) in [7, 11) is 0. The summed E-state index contributed by atoms with van der Waals surface area (Å²) in [4.78, 5) is 0. The standard InChI is InChI=1S/C44H70O17/c1-18-8-11-44(55-16-18)19(2)30-27(61-44)14-25-23-7-6-21-12-22(46)13-29(43(21,5)24(23)9-10-42(25,30)4)58-40-36(53)37(31(48)20(3)56-40)59-41-38(32(49)26(47)17-54-41)60-39-35(52)34(51)33(50)28(15-45)57-39/h6,18-20,22-41,45-53H,7-17H2,1-5H3. The van der Waals surface area contributed by atoms with Gasteiger partial charge in [0.1, 0.15) is 61.0 Å². The lowest BCUT2D eigenvalue weighted by Gasteiger charge is -2.60. The highest BCUT2D eigenvalue weighted by Crippen LogP contribution is 2.71. The molecule has 0 amide bonds. The molecule has 26 unspecified atom stereocenters. The van der Waals surface area contributed by atoms with Crippen LogP contribution in [0.1, 0.15) is 86.0 Å². The van der Waals surface area contributed by atoms with Crippen molar-refractivity contribution in [3.63, 3.8) is 0 Å². The molecular weight excluding hydrogens is 800 g/mol. The van der Waals surface area contributed by atoms with E-state index in [4.69, 9.17) is 37.9 Å². The van der Waals surface area contributed by atoms with Gasteiger partial charge in [-0.2, -0.15) is 0 Å². The summed E-state index contributed by atoms with van der Waals surface area (Å²) in [6.45, 7) is 10.5.